The molecule has 24 heavy (non-hydrogen) atoms. The van der Waals surface area contributed by atoms with Crippen LogP contribution in [0.3, 0.4) is 0 Å². The summed E-state index contributed by atoms with van der Waals surface area (Å²) < 4.78 is 44.0. The Balaban J connectivity index is 1.80. The maximum absolute atomic E-state index is 12.5. The van der Waals surface area contributed by atoms with Gasteiger partial charge in [-0.2, -0.15) is 0 Å². The lowest BCUT2D eigenvalue weighted by Gasteiger charge is -2.12. The number of rotatable bonds is 5. The highest BCUT2D eigenvalue weighted by Crippen LogP contribution is 2.33. The van der Waals surface area contributed by atoms with Crippen LogP contribution in [-0.2, 0) is 10.0 Å². The molecule has 1 heterocycles. The Morgan fingerprint density at radius 1 is 1.04 bits per heavy atom. The van der Waals surface area contributed by atoms with Gasteiger partial charge in [0.25, 0.3) is 10.0 Å². The van der Waals surface area contributed by atoms with Gasteiger partial charge >= 0.3 is 0 Å². The second-order valence-electron chi connectivity index (χ2n) is 5.22. The number of nitrogens with one attached hydrogen (secondary N) is 1. The Morgan fingerprint density at radius 2 is 1.75 bits per heavy atom. The van der Waals surface area contributed by atoms with Gasteiger partial charge in [0.05, 0.1) is 30.4 Å². The van der Waals surface area contributed by atoms with Gasteiger partial charge in [0.2, 0.25) is 0 Å². The van der Waals surface area contributed by atoms with Gasteiger partial charge in [-0.1, -0.05) is 0 Å². The molecule has 1 aliphatic heterocycles. The first kappa shape index (κ1) is 16.4. The van der Waals surface area contributed by atoms with E-state index in [1.54, 1.807) is 30.3 Å². The zero-order chi connectivity index (χ0) is 17.0. The molecule has 6 nitrogen and oxygen atoms in total. The molecule has 0 bridgehead atoms. The Labute approximate surface area is 141 Å². The minimum atomic E-state index is -3.68. The molecule has 3 rings (SSSR count). The molecule has 2 aromatic carbocycles. The smallest absolute Gasteiger partial charge is 0.261 e. The third-order valence-corrected chi connectivity index (χ3v) is 4.84. The molecule has 0 fully saturated rings. The summed E-state index contributed by atoms with van der Waals surface area (Å²) >= 11 is 0. The van der Waals surface area contributed by atoms with E-state index < -0.39 is 10.0 Å². The SMILES string of the molecule is CCOc1ccc(S(=O)(=O)Nc2ccc3c(c2)OCCCO3)cc1. The summed E-state index contributed by atoms with van der Waals surface area (Å²) in [6.45, 7) is 3.53. The number of ether oxygens (including phenoxy) is 3. The van der Waals surface area contributed by atoms with Crippen molar-refractivity contribution in [2.75, 3.05) is 24.5 Å². The van der Waals surface area contributed by atoms with E-state index >= 15 is 0 Å². The fraction of sp³-hybridized carbons (Fsp3) is 0.294. The molecule has 0 saturated carbocycles. The van der Waals surface area contributed by atoms with E-state index in [0.29, 0.717) is 42.8 Å². The third-order valence-electron chi connectivity index (χ3n) is 3.44. The Hall–Kier alpha value is -2.41. The summed E-state index contributed by atoms with van der Waals surface area (Å²) in [5, 5.41) is 0. The number of fused-ring (bicyclic) bond motifs is 1. The molecule has 0 aromatic heterocycles. The normalized spacial score (nSPS) is 13.9. The van der Waals surface area contributed by atoms with Crippen molar-refractivity contribution in [3.05, 3.63) is 42.5 Å². The molecule has 0 atom stereocenters. The molecule has 0 unspecified atom stereocenters. The fourth-order valence-corrected chi connectivity index (χ4v) is 3.37. The molecule has 0 spiro atoms. The second kappa shape index (κ2) is 7.00. The zero-order valence-electron chi connectivity index (χ0n) is 13.3. The highest BCUT2D eigenvalue weighted by atomic mass is 32.2. The molecule has 0 saturated heterocycles. The first-order chi connectivity index (χ1) is 11.6. The largest absolute Gasteiger partial charge is 0.494 e. The van der Waals surface area contributed by atoms with E-state index in [4.69, 9.17) is 14.2 Å². The van der Waals surface area contributed by atoms with Gasteiger partial charge in [0.15, 0.2) is 11.5 Å². The van der Waals surface area contributed by atoms with Crippen LogP contribution in [0.4, 0.5) is 5.69 Å². The van der Waals surface area contributed by atoms with Crippen molar-refractivity contribution < 1.29 is 22.6 Å². The number of sulfonamides is 1. The highest BCUT2D eigenvalue weighted by molar-refractivity contribution is 7.92. The van der Waals surface area contributed by atoms with Crippen LogP contribution in [0.1, 0.15) is 13.3 Å². The molecule has 2 aromatic rings. The molecule has 0 amide bonds. The average molecular weight is 349 g/mol. The number of hydrogen-bond acceptors (Lipinski definition) is 5. The maximum Gasteiger partial charge on any atom is 0.261 e. The summed E-state index contributed by atoms with van der Waals surface area (Å²) in [5.74, 6) is 1.79. The van der Waals surface area contributed by atoms with Crippen LogP contribution in [-0.4, -0.2) is 28.2 Å². The van der Waals surface area contributed by atoms with Crippen LogP contribution in [0.2, 0.25) is 0 Å². The Bertz CT molecular complexity index is 802. The number of benzene rings is 2. The summed E-state index contributed by atoms with van der Waals surface area (Å²) in [5.41, 5.74) is 0.424. The van der Waals surface area contributed by atoms with Crippen molar-refractivity contribution in [1.29, 1.82) is 0 Å². The van der Waals surface area contributed by atoms with Crippen molar-refractivity contribution in [3.8, 4) is 17.2 Å². The molecular weight excluding hydrogens is 330 g/mol. The summed E-state index contributed by atoms with van der Waals surface area (Å²) in [4.78, 5) is 0.165. The topological polar surface area (TPSA) is 73.9 Å². The standard InChI is InChI=1S/C17H19NO5S/c1-2-21-14-5-7-15(8-6-14)24(19,20)18-13-4-9-16-17(12-13)23-11-3-10-22-16/h4-9,12,18H,2-3,10-11H2,1H3. The highest BCUT2D eigenvalue weighted by Gasteiger charge is 2.17. The molecule has 128 valence electrons. The molecule has 1 aliphatic rings. The second-order valence-corrected chi connectivity index (χ2v) is 6.90. The number of hydrogen-bond donors (Lipinski definition) is 1. The predicted molar refractivity (Wildman–Crippen MR) is 90.5 cm³/mol. The lowest BCUT2D eigenvalue weighted by atomic mass is 10.3. The van der Waals surface area contributed by atoms with Gasteiger partial charge in [-0.05, 0) is 43.3 Å². The lowest BCUT2D eigenvalue weighted by Crippen LogP contribution is -2.13. The minimum Gasteiger partial charge on any atom is -0.494 e. The lowest BCUT2D eigenvalue weighted by molar-refractivity contribution is 0.297. The van der Waals surface area contributed by atoms with Crippen LogP contribution in [0.25, 0.3) is 0 Å². The van der Waals surface area contributed by atoms with E-state index in [1.807, 2.05) is 6.92 Å². The van der Waals surface area contributed by atoms with E-state index in [9.17, 15) is 8.42 Å². The van der Waals surface area contributed by atoms with Crippen LogP contribution < -0.4 is 18.9 Å². The van der Waals surface area contributed by atoms with Crippen LogP contribution in [0, 0.1) is 0 Å². The van der Waals surface area contributed by atoms with Crippen molar-refractivity contribution in [3.63, 3.8) is 0 Å². The van der Waals surface area contributed by atoms with Gasteiger partial charge in [0.1, 0.15) is 5.75 Å². The van der Waals surface area contributed by atoms with Crippen LogP contribution in [0.15, 0.2) is 47.4 Å². The summed E-state index contributed by atoms with van der Waals surface area (Å²) in [6.07, 6.45) is 0.794. The van der Waals surface area contributed by atoms with Crippen molar-refractivity contribution >= 4 is 15.7 Å². The van der Waals surface area contributed by atoms with Crippen molar-refractivity contribution in [2.24, 2.45) is 0 Å². The third kappa shape index (κ3) is 3.73. The van der Waals surface area contributed by atoms with E-state index in [-0.39, 0.29) is 4.90 Å². The fourth-order valence-electron chi connectivity index (χ4n) is 2.32. The van der Waals surface area contributed by atoms with E-state index in [2.05, 4.69) is 4.72 Å². The molecule has 7 heteroatoms. The molecule has 1 N–H and O–H groups in total. The van der Waals surface area contributed by atoms with Crippen LogP contribution in [0.5, 0.6) is 17.2 Å². The Morgan fingerprint density at radius 3 is 2.46 bits per heavy atom. The van der Waals surface area contributed by atoms with Gasteiger partial charge in [0, 0.05) is 12.5 Å². The van der Waals surface area contributed by atoms with Gasteiger partial charge in [-0.15, -0.1) is 0 Å². The minimum absolute atomic E-state index is 0.165. The first-order valence-corrected chi connectivity index (χ1v) is 9.22. The summed E-state index contributed by atoms with van der Waals surface area (Å²) in [7, 11) is -3.68. The van der Waals surface area contributed by atoms with E-state index in [1.165, 1.54) is 12.1 Å². The monoisotopic (exact) mass is 349 g/mol. The average Bonchev–Trinajstić information content (AvgIpc) is 2.80. The maximum atomic E-state index is 12.5. The van der Waals surface area contributed by atoms with Crippen molar-refractivity contribution in [1.82, 2.24) is 0 Å². The first-order valence-electron chi connectivity index (χ1n) is 7.74. The van der Waals surface area contributed by atoms with Crippen LogP contribution >= 0.6 is 0 Å². The van der Waals surface area contributed by atoms with Gasteiger partial charge in [-0.3, -0.25) is 4.72 Å². The summed E-state index contributed by atoms with van der Waals surface area (Å²) in [6, 6.07) is 11.3. The Kier molecular flexibility index (Phi) is 4.80. The molecule has 0 aliphatic carbocycles. The number of anilines is 1. The van der Waals surface area contributed by atoms with E-state index in [0.717, 1.165) is 6.42 Å². The van der Waals surface area contributed by atoms with Crippen molar-refractivity contribution in [2.45, 2.75) is 18.2 Å². The zero-order valence-corrected chi connectivity index (χ0v) is 14.1. The predicted octanol–water partition coefficient (Wildman–Crippen LogP) is 3.05. The van der Waals surface area contributed by atoms with Gasteiger partial charge < -0.3 is 14.2 Å². The quantitative estimate of drug-likeness (QED) is 0.898. The molecule has 0 radical (unpaired) electrons. The van der Waals surface area contributed by atoms with Gasteiger partial charge in [-0.25, -0.2) is 8.42 Å². The molecular formula is C17H19NO5S.